The van der Waals surface area contributed by atoms with Crippen LogP contribution in [-0.2, 0) is 20.1 Å². The van der Waals surface area contributed by atoms with Crippen LogP contribution in [0.2, 0.25) is 0 Å². The first-order chi connectivity index (χ1) is 13.0. The zero-order valence-corrected chi connectivity index (χ0v) is 16.2. The number of nitrogens with one attached hydrogen (secondary N) is 1. The number of urea groups is 1. The minimum Gasteiger partial charge on any atom is -0.388 e. The van der Waals surface area contributed by atoms with Gasteiger partial charge in [-0.15, -0.1) is 10.2 Å². The van der Waals surface area contributed by atoms with Gasteiger partial charge < -0.3 is 19.9 Å². The third-order valence-corrected chi connectivity index (χ3v) is 5.12. The molecule has 0 spiro atoms. The summed E-state index contributed by atoms with van der Waals surface area (Å²) in [5.41, 5.74) is 1.98. The lowest BCUT2D eigenvalue weighted by Crippen LogP contribution is -2.47. The molecule has 8 nitrogen and oxygen atoms in total. The number of amides is 2. The number of piperidine rings is 1. The van der Waals surface area contributed by atoms with Crippen molar-refractivity contribution in [2.75, 3.05) is 13.1 Å². The van der Waals surface area contributed by atoms with E-state index in [0.717, 1.165) is 30.1 Å². The molecule has 1 aliphatic heterocycles. The number of aromatic nitrogens is 4. The number of aliphatic hydroxyl groups is 1. The second-order valence-corrected chi connectivity index (χ2v) is 7.28. The summed E-state index contributed by atoms with van der Waals surface area (Å²) in [6.45, 7) is 5.24. The Hall–Kier alpha value is -2.48. The molecule has 146 valence electrons. The van der Waals surface area contributed by atoms with Crippen LogP contribution in [0.5, 0.6) is 0 Å². The molecule has 3 rings (SSSR count). The summed E-state index contributed by atoms with van der Waals surface area (Å²) in [6, 6.07) is 5.95. The Bertz CT molecular complexity index is 782. The summed E-state index contributed by atoms with van der Waals surface area (Å²) in [4.78, 5) is 18.9. The number of aryl methyl sites for hydroxylation is 1. The fraction of sp³-hybridized carbons (Fsp3) is 0.579. The highest BCUT2D eigenvalue weighted by Gasteiger charge is 2.27. The lowest BCUT2D eigenvalue weighted by atomic mass is 9.96. The number of nitrogens with zero attached hydrogens (tertiary/aromatic N) is 5. The van der Waals surface area contributed by atoms with Crippen molar-refractivity contribution in [3.63, 3.8) is 0 Å². The highest BCUT2D eigenvalue weighted by molar-refractivity contribution is 5.74. The second-order valence-electron chi connectivity index (χ2n) is 7.28. The molecule has 3 heterocycles. The molecule has 1 atom stereocenters. The SMILES string of the molecule is Cc1cccc(CC(C)NC(=O)N2CCC(c3nnc(CO)n3C)CC2)n1. The minimum absolute atomic E-state index is 0.0235. The Balaban J connectivity index is 1.50. The van der Waals surface area contributed by atoms with Crippen LogP contribution in [0.3, 0.4) is 0 Å². The molecule has 1 saturated heterocycles. The van der Waals surface area contributed by atoms with Crippen LogP contribution in [-0.4, -0.2) is 54.9 Å². The Labute approximate surface area is 159 Å². The summed E-state index contributed by atoms with van der Waals surface area (Å²) in [5.74, 6) is 1.72. The maximum Gasteiger partial charge on any atom is 0.317 e. The zero-order valence-electron chi connectivity index (χ0n) is 16.2. The second kappa shape index (κ2) is 8.47. The Morgan fingerprint density at radius 3 is 2.70 bits per heavy atom. The summed E-state index contributed by atoms with van der Waals surface area (Å²) in [7, 11) is 1.88. The Kier molecular flexibility index (Phi) is 6.05. The molecule has 27 heavy (non-hydrogen) atoms. The van der Waals surface area contributed by atoms with Crippen molar-refractivity contribution in [2.45, 2.75) is 51.7 Å². The van der Waals surface area contributed by atoms with Gasteiger partial charge in [-0.1, -0.05) is 6.07 Å². The summed E-state index contributed by atoms with van der Waals surface area (Å²) in [6.07, 6.45) is 2.41. The number of hydrogen-bond donors (Lipinski definition) is 2. The molecule has 0 bridgehead atoms. The van der Waals surface area contributed by atoms with E-state index in [1.165, 1.54) is 0 Å². The van der Waals surface area contributed by atoms with Crippen LogP contribution in [0.4, 0.5) is 4.79 Å². The van der Waals surface area contributed by atoms with Crippen molar-refractivity contribution in [1.82, 2.24) is 30.0 Å². The third kappa shape index (κ3) is 4.63. The van der Waals surface area contributed by atoms with Crippen molar-refractivity contribution < 1.29 is 9.90 Å². The van der Waals surface area contributed by atoms with Gasteiger partial charge in [0, 0.05) is 49.9 Å². The van der Waals surface area contributed by atoms with Crippen molar-refractivity contribution in [1.29, 1.82) is 0 Å². The first kappa shape index (κ1) is 19.3. The fourth-order valence-electron chi connectivity index (χ4n) is 3.59. The molecule has 1 fully saturated rings. The molecule has 0 aliphatic carbocycles. The molecule has 2 amide bonds. The van der Waals surface area contributed by atoms with E-state index in [2.05, 4.69) is 20.5 Å². The van der Waals surface area contributed by atoms with Crippen LogP contribution < -0.4 is 5.32 Å². The predicted octanol–water partition coefficient (Wildman–Crippen LogP) is 1.53. The summed E-state index contributed by atoms with van der Waals surface area (Å²) in [5, 5.41) is 20.6. The maximum absolute atomic E-state index is 12.6. The number of pyridine rings is 1. The lowest BCUT2D eigenvalue weighted by molar-refractivity contribution is 0.177. The highest BCUT2D eigenvalue weighted by atomic mass is 16.3. The molecule has 2 aromatic heterocycles. The number of rotatable bonds is 5. The molecule has 0 saturated carbocycles. The van der Waals surface area contributed by atoms with E-state index in [9.17, 15) is 9.90 Å². The van der Waals surface area contributed by atoms with Gasteiger partial charge in [-0.25, -0.2) is 4.79 Å². The standard InChI is InChI=1S/C19H28N6O2/c1-13-5-4-6-16(20-13)11-14(2)21-19(27)25-9-7-15(8-10-25)18-23-22-17(12-26)24(18)3/h4-6,14-15,26H,7-12H2,1-3H3,(H,21,27). The normalized spacial score (nSPS) is 16.4. The number of carbonyl (C=O) groups excluding carboxylic acids is 1. The van der Waals surface area contributed by atoms with E-state index >= 15 is 0 Å². The van der Waals surface area contributed by atoms with E-state index < -0.39 is 0 Å². The van der Waals surface area contributed by atoms with Gasteiger partial charge in [-0.3, -0.25) is 4.98 Å². The van der Waals surface area contributed by atoms with Gasteiger partial charge in [0.25, 0.3) is 0 Å². The third-order valence-electron chi connectivity index (χ3n) is 5.12. The molecule has 0 aromatic carbocycles. The van der Waals surface area contributed by atoms with E-state index in [1.54, 1.807) is 0 Å². The van der Waals surface area contributed by atoms with Gasteiger partial charge in [-0.2, -0.15) is 0 Å². The van der Waals surface area contributed by atoms with E-state index in [4.69, 9.17) is 0 Å². The average molecular weight is 372 g/mol. The Morgan fingerprint density at radius 1 is 1.33 bits per heavy atom. The van der Waals surface area contributed by atoms with Crippen LogP contribution in [0, 0.1) is 6.92 Å². The van der Waals surface area contributed by atoms with Gasteiger partial charge in [-0.05, 0) is 38.8 Å². The van der Waals surface area contributed by atoms with Crippen molar-refractivity contribution in [3.8, 4) is 0 Å². The van der Waals surface area contributed by atoms with Gasteiger partial charge >= 0.3 is 6.03 Å². The van der Waals surface area contributed by atoms with Crippen molar-refractivity contribution in [2.24, 2.45) is 7.05 Å². The number of carbonyl (C=O) groups is 1. The topological polar surface area (TPSA) is 96.2 Å². The van der Waals surface area contributed by atoms with Crippen molar-refractivity contribution in [3.05, 3.63) is 41.2 Å². The van der Waals surface area contributed by atoms with Crippen LogP contribution in [0.25, 0.3) is 0 Å². The smallest absolute Gasteiger partial charge is 0.317 e. The molecule has 1 aliphatic rings. The first-order valence-corrected chi connectivity index (χ1v) is 9.45. The predicted molar refractivity (Wildman–Crippen MR) is 101 cm³/mol. The average Bonchev–Trinajstić information content (AvgIpc) is 3.02. The lowest BCUT2D eigenvalue weighted by Gasteiger charge is -2.32. The molecular formula is C19H28N6O2. The van der Waals surface area contributed by atoms with E-state index in [0.29, 0.717) is 25.3 Å². The number of likely N-dealkylation sites (tertiary alicyclic amines) is 1. The van der Waals surface area contributed by atoms with Gasteiger partial charge in [0.05, 0.1) is 0 Å². The first-order valence-electron chi connectivity index (χ1n) is 9.45. The Morgan fingerprint density at radius 2 is 2.07 bits per heavy atom. The van der Waals surface area contributed by atoms with Gasteiger partial charge in [0.1, 0.15) is 12.4 Å². The van der Waals surface area contributed by atoms with E-state index in [1.807, 2.05) is 48.6 Å². The van der Waals surface area contributed by atoms with Crippen LogP contribution in [0.15, 0.2) is 18.2 Å². The summed E-state index contributed by atoms with van der Waals surface area (Å²) < 4.78 is 1.86. The van der Waals surface area contributed by atoms with E-state index in [-0.39, 0.29) is 24.6 Å². The number of aliphatic hydroxyl groups excluding tert-OH is 1. The molecule has 2 N–H and O–H groups in total. The zero-order chi connectivity index (χ0) is 19.4. The van der Waals surface area contributed by atoms with Crippen LogP contribution in [0.1, 0.15) is 48.7 Å². The maximum atomic E-state index is 12.6. The highest BCUT2D eigenvalue weighted by Crippen LogP contribution is 2.26. The monoisotopic (exact) mass is 372 g/mol. The molecular weight excluding hydrogens is 344 g/mol. The molecule has 2 aromatic rings. The van der Waals surface area contributed by atoms with Gasteiger partial charge in [0.15, 0.2) is 5.82 Å². The molecule has 1 unspecified atom stereocenters. The molecule has 0 radical (unpaired) electrons. The quantitative estimate of drug-likeness (QED) is 0.830. The largest absolute Gasteiger partial charge is 0.388 e. The molecule has 8 heteroatoms. The van der Waals surface area contributed by atoms with Crippen molar-refractivity contribution >= 4 is 6.03 Å². The minimum atomic E-state index is -0.113. The number of hydrogen-bond acceptors (Lipinski definition) is 5. The fourth-order valence-corrected chi connectivity index (χ4v) is 3.59. The summed E-state index contributed by atoms with van der Waals surface area (Å²) >= 11 is 0. The van der Waals surface area contributed by atoms with Gasteiger partial charge in [0.2, 0.25) is 0 Å². The van der Waals surface area contributed by atoms with Crippen LogP contribution >= 0.6 is 0 Å².